The number of anilines is 1. The van der Waals surface area contributed by atoms with E-state index in [1.807, 2.05) is 18.2 Å². The molecule has 0 atom stereocenters. The van der Waals surface area contributed by atoms with Gasteiger partial charge in [0.15, 0.2) is 0 Å². The molecular formula is C26H28N2O2. The third-order valence-electron chi connectivity index (χ3n) is 5.07. The molecule has 0 fully saturated rings. The molecule has 3 aromatic rings. The summed E-state index contributed by atoms with van der Waals surface area (Å²) >= 11 is 0. The molecule has 30 heavy (non-hydrogen) atoms. The summed E-state index contributed by atoms with van der Waals surface area (Å²) in [6.45, 7) is 4.12. The van der Waals surface area contributed by atoms with Crippen molar-refractivity contribution in [3.8, 4) is 0 Å². The maximum Gasteiger partial charge on any atom is 0.247 e. The number of unbranched alkanes of at least 4 members (excludes halogenated alkanes) is 2. The fourth-order valence-corrected chi connectivity index (χ4v) is 3.56. The predicted octanol–water partition coefficient (Wildman–Crippen LogP) is 5.04. The Balaban J connectivity index is 1.36. The van der Waals surface area contributed by atoms with E-state index in [0.29, 0.717) is 18.7 Å². The number of benzene rings is 3. The van der Waals surface area contributed by atoms with Crippen molar-refractivity contribution in [2.75, 3.05) is 11.9 Å². The first-order chi connectivity index (χ1) is 14.7. The van der Waals surface area contributed by atoms with Crippen LogP contribution in [0.4, 0.5) is 5.69 Å². The topological polar surface area (TPSA) is 58.2 Å². The Labute approximate surface area is 178 Å². The molecule has 4 nitrogen and oxygen atoms in total. The van der Waals surface area contributed by atoms with Crippen LogP contribution in [0.5, 0.6) is 0 Å². The Morgan fingerprint density at radius 2 is 1.70 bits per heavy atom. The monoisotopic (exact) mass is 400 g/mol. The number of fused-ring (bicyclic) bond motifs is 1. The minimum absolute atomic E-state index is 0.00347. The van der Waals surface area contributed by atoms with Crippen molar-refractivity contribution in [2.45, 2.75) is 32.1 Å². The van der Waals surface area contributed by atoms with Crippen LogP contribution in [-0.2, 0) is 22.4 Å². The standard InChI is InChI=1S/C26H28N2O2/c1-2-25(29)28-23-15-8-10-20(18-23)19-26(30)27-17-7-3-4-11-21-13-9-14-22-12-5-6-16-24(21)22/h2,5-6,8-10,12-16,18H,1,3-4,7,11,17,19H2,(H,27,30)(H,28,29). The third kappa shape index (κ3) is 6.31. The van der Waals surface area contributed by atoms with Crippen molar-refractivity contribution in [1.29, 1.82) is 0 Å². The zero-order valence-corrected chi connectivity index (χ0v) is 17.2. The second-order valence-electron chi connectivity index (χ2n) is 7.37. The van der Waals surface area contributed by atoms with E-state index in [4.69, 9.17) is 0 Å². The van der Waals surface area contributed by atoms with Crippen LogP contribution in [-0.4, -0.2) is 18.4 Å². The summed E-state index contributed by atoms with van der Waals surface area (Å²) < 4.78 is 0. The van der Waals surface area contributed by atoms with E-state index in [9.17, 15) is 9.59 Å². The molecule has 4 heteroatoms. The summed E-state index contributed by atoms with van der Waals surface area (Å²) in [5.74, 6) is -0.267. The van der Waals surface area contributed by atoms with Crippen LogP contribution in [0, 0.1) is 0 Å². The van der Waals surface area contributed by atoms with Gasteiger partial charge in [0.05, 0.1) is 6.42 Å². The van der Waals surface area contributed by atoms with E-state index in [2.05, 4.69) is 59.7 Å². The number of nitrogens with one attached hydrogen (secondary N) is 2. The molecule has 154 valence electrons. The Kier molecular flexibility index (Phi) is 7.78. The van der Waals surface area contributed by atoms with Gasteiger partial charge in [0.2, 0.25) is 11.8 Å². The van der Waals surface area contributed by atoms with Crippen molar-refractivity contribution in [1.82, 2.24) is 5.32 Å². The number of amides is 2. The maximum atomic E-state index is 12.2. The van der Waals surface area contributed by atoms with Gasteiger partial charge in [0.25, 0.3) is 0 Å². The van der Waals surface area contributed by atoms with Gasteiger partial charge in [-0.2, -0.15) is 0 Å². The summed E-state index contributed by atoms with van der Waals surface area (Å²) in [5, 5.41) is 8.32. The largest absolute Gasteiger partial charge is 0.356 e. The lowest BCUT2D eigenvalue weighted by Gasteiger charge is -2.08. The van der Waals surface area contributed by atoms with E-state index in [0.717, 1.165) is 31.2 Å². The first kappa shape index (κ1) is 21.3. The molecule has 0 heterocycles. The van der Waals surface area contributed by atoms with E-state index in [-0.39, 0.29) is 11.8 Å². The van der Waals surface area contributed by atoms with Crippen LogP contribution in [0.1, 0.15) is 30.4 Å². The van der Waals surface area contributed by atoms with Crippen molar-refractivity contribution in [3.63, 3.8) is 0 Å². The summed E-state index contributed by atoms with van der Waals surface area (Å²) in [6, 6.07) is 22.3. The van der Waals surface area contributed by atoms with Crippen LogP contribution < -0.4 is 10.6 Å². The van der Waals surface area contributed by atoms with Crippen LogP contribution in [0.2, 0.25) is 0 Å². The molecule has 0 bridgehead atoms. The fraction of sp³-hybridized carbons (Fsp3) is 0.231. The van der Waals surface area contributed by atoms with Gasteiger partial charge in [-0.15, -0.1) is 0 Å². The summed E-state index contributed by atoms with van der Waals surface area (Å²) in [4.78, 5) is 23.6. The lowest BCUT2D eigenvalue weighted by molar-refractivity contribution is -0.120. The first-order valence-corrected chi connectivity index (χ1v) is 10.4. The molecule has 0 aliphatic heterocycles. The summed E-state index contributed by atoms with van der Waals surface area (Å²) in [7, 11) is 0. The van der Waals surface area contributed by atoms with Gasteiger partial charge in [0, 0.05) is 12.2 Å². The molecule has 2 amide bonds. The second kappa shape index (κ2) is 11.0. The molecule has 0 saturated carbocycles. The lowest BCUT2D eigenvalue weighted by Crippen LogP contribution is -2.26. The highest BCUT2D eigenvalue weighted by Gasteiger charge is 2.05. The minimum atomic E-state index is -0.264. The number of hydrogen-bond donors (Lipinski definition) is 2. The summed E-state index contributed by atoms with van der Waals surface area (Å²) in [5.41, 5.74) is 2.92. The molecule has 0 aliphatic rings. The average Bonchev–Trinajstić information content (AvgIpc) is 2.76. The quantitative estimate of drug-likeness (QED) is 0.370. The number of hydrogen-bond acceptors (Lipinski definition) is 2. The van der Waals surface area contributed by atoms with Gasteiger partial charge in [0.1, 0.15) is 0 Å². The zero-order valence-electron chi connectivity index (χ0n) is 17.2. The van der Waals surface area contributed by atoms with E-state index in [1.54, 1.807) is 6.07 Å². The van der Waals surface area contributed by atoms with Crippen LogP contribution >= 0.6 is 0 Å². The van der Waals surface area contributed by atoms with Crippen molar-refractivity contribution in [3.05, 3.63) is 90.5 Å². The third-order valence-corrected chi connectivity index (χ3v) is 5.07. The molecule has 2 N–H and O–H groups in total. The molecule has 0 aliphatic carbocycles. The van der Waals surface area contributed by atoms with Gasteiger partial charge in [-0.05, 0) is 59.4 Å². The van der Waals surface area contributed by atoms with Crippen molar-refractivity contribution >= 4 is 28.3 Å². The Morgan fingerprint density at radius 3 is 2.57 bits per heavy atom. The van der Waals surface area contributed by atoms with E-state index < -0.39 is 0 Å². The van der Waals surface area contributed by atoms with Gasteiger partial charge >= 0.3 is 0 Å². The van der Waals surface area contributed by atoms with Crippen molar-refractivity contribution < 1.29 is 9.59 Å². The molecule has 3 rings (SSSR count). The molecule has 0 aromatic heterocycles. The lowest BCUT2D eigenvalue weighted by atomic mass is 10.00. The zero-order chi connectivity index (χ0) is 21.2. The normalized spacial score (nSPS) is 10.5. The number of carbonyl (C=O) groups excluding carboxylic acids is 2. The SMILES string of the molecule is C=CC(=O)Nc1cccc(CC(=O)NCCCCCc2cccc3ccccc23)c1. The van der Waals surface area contributed by atoms with Gasteiger partial charge in [-0.25, -0.2) is 0 Å². The highest BCUT2D eigenvalue weighted by atomic mass is 16.2. The van der Waals surface area contributed by atoms with Crippen LogP contribution in [0.25, 0.3) is 10.8 Å². The van der Waals surface area contributed by atoms with E-state index in [1.165, 1.54) is 22.4 Å². The Morgan fingerprint density at radius 1 is 0.900 bits per heavy atom. The number of rotatable bonds is 10. The predicted molar refractivity (Wildman–Crippen MR) is 123 cm³/mol. The molecule has 0 saturated heterocycles. The second-order valence-corrected chi connectivity index (χ2v) is 7.37. The molecule has 0 spiro atoms. The maximum absolute atomic E-state index is 12.2. The molecule has 0 radical (unpaired) electrons. The smallest absolute Gasteiger partial charge is 0.247 e. The van der Waals surface area contributed by atoms with Crippen LogP contribution in [0.3, 0.4) is 0 Å². The fourth-order valence-electron chi connectivity index (χ4n) is 3.56. The van der Waals surface area contributed by atoms with Gasteiger partial charge < -0.3 is 10.6 Å². The molecule has 0 unspecified atom stereocenters. The highest BCUT2D eigenvalue weighted by Crippen LogP contribution is 2.20. The minimum Gasteiger partial charge on any atom is -0.356 e. The molecule has 3 aromatic carbocycles. The summed E-state index contributed by atoms with van der Waals surface area (Å²) in [6.07, 6.45) is 5.72. The Hall–Kier alpha value is -3.40. The highest BCUT2D eigenvalue weighted by molar-refractivity contribution is 5.99. The van der Waals surface area contributed by atoms with Crippen molar-refractivity contribution in [2.24, 2.45) is 0 Å². The number of carbonyl (C=O) groups is 2. The van der Waals surface area contributed by atoms with E-state index >= 15 is 0 Å². The van der Waals surface area contributed by atoms with Gasteiger partial charge in [-0.3, -0.25) is 9.59 Å². The van der Waals surface area contributed by atoms with Gasteiger partial charge in [-0.1, -0.05) is 67.6 Å². The average molecular weight is 401 g/mol. The number of aryl methyl sites for hydroxylation is 1. The molecular weight excluding hydrogens is 372 g/mol. The Bertz CT molecular complexity index is 1020. The first-order valence-electron chi connectivity index (χ1n) is 10.4. The van der Waals surface area contributed by atoms with Crippen LogP contribution in [0.15, 0.2) is 79.4 Å².